The van der Waals surface area contributed by atoms with Crippen molar-refractivity contribution in [1.29, 1.82) is 0 Å². The molecule has 0 aliphatic rings. The Balaban J connectivity index is 1.72. The molecule has 3 aromatic carbocycles. The maximum atomic E-state index is 13.0. The monoisotopic (exact) mass is 457 g/mol. The van der Waals surface area contributed by atoms with Crippen molar-refractivity contribution in [2.24, 2.45) is 0 Å². The molecule has 0 unspecified atom stereocenters. The predicted octanol–water partition coefficient (Wildman–Crippen LogP) is 7.05. The predicted molar refractivity (Wildman–Crippen MR) is 139 cm³/mol. The van der Waals surface area contributed by atoms with E-state index in [1.807, 2.05) is 49.4 Å². The summed E-state index contributed by atoms with van der Waals surface area (Å²) in [7, 11) is 0. The fourth-order valence-electron chi connectivity index (χ4n) is 3.73. The van der Waals surface area contributed by atoms with Crippen LogP contribution in [0.4, 0.5) is 5.69 Å². The molecule has 1 amide bonds. The Bertz CT molecular complexity index is 1170. The molecule has 0 fully saturated rings. The Hall–Kier alpha value is -3.40. The van der Waals surface area contributed by atoms with Gasteiger partial charge in [0.15, 0.2) is 11.9 Å². The Morgan fingerprint density at radius 2 is 1.53 bits per heavy atom. The fraction of sp³-hybridized carbons (Fsp3) is 0.333. The van der Waals surface area contributed by atoms with Gasteiger partial charge in [0.2, 0.25) is 0 Å². The van der Waals surface area contributed by atoms with E-state index in [1.54, 1.807) is 31.2 Å². The lowest BCUT2D eigenvalue weighted by molar-refractivity contribution is -0.122. The normalized spacial score (nSPS) is 12.4. The summed E-state index contributed by atoms with van der Waals surface area (Å²) in [6, 6.07) is 20.8. The maximum Gasteiger partial charge on any atom is 0.265 e. The highest BCUT2D eigenvalue weighted by atomic mass is 16.5. The van der Waals surface area contributed by atoms with E-state index in [0.717, 1.165) is 16.9 Å². The topological polar surface area (TPSA) is 55.4 Å². The Morgan fingerprint density at radius 1 is 0.853 bits per heavy atom. The van der Waals surface area contributed by atoms with Crippen molar-refractivity contribution < 1.29 is 14.3 Å². The highest BCUT2D eigenvalue weighted by Gasteiger charge is 2.19. The van der Waals surface area contributed by atoms with Crippen molar-refractivity contribution in [3.8, 4) is 5.75 Å². The van der Waals surface area contributed by atoms with Gasteiger partial charge in [-0.2, -0.15) is 0 Å². The molecule has 0 saturated carbocycles. The molecule has 3 rings (SSSR count). The molecule has 1 atom stereocenters. The summed E-state index contributed by atoms with van der Waals surface area (Å²) in [4.78, 5) is 25.9. The minimum atomic E-state index is -0.691. The minimum absolute atomic E-state index is 0.0267. The third-order valence-electron chi connectivity index (χ3n) is 5.87. The van der Waals surface area contributed by atoms with E-state index in [2.05, 4.69) is 39.9 Å². The first kappa shape index (κ1) is 25.2. The van der Waals surface area contributed by atoms with Gasteiger partial charge >= 0.3 is 0 Å². The summed E-state index contributed by atoms with van der Waals surface area (Å²) in [5, 5.41) is 2.88. The highest BCUT2D eigenvalue weighted by Crippen LogP contribution is 2.28. The molecule has 178 valence electrons. The molecular weight excluding hydrogens is 422 g/mol. The van der Waals surface area contributed by atoms with E-state index in [1.165, 1.54) is 5.56 Å². The summed E-state index contributed by atoms with van der Waals surface area (Å²) < 4.78 is 6.03. The van der Waals surface area contributed by atoms with Crippen LogP contribution in [0.25, 0.3) is 0 Å². The van der Waals surface area contributed by atoms with Gasteiger partial charge in [0.05, 0.1) is 0 Å². The summed E-state index contributed by atoms with van der Waals surface area (Å²) in [5.74, 6) is 0.656. The molecule has 0 aliphatic heterocycles. The van der Waals surface area contributed by atoms with E-state index in [9.17, 15) is 9.59 Å². The number of ether oxygens (including phenoxy) is 1. The number of carbonyl (C=O) groups is 2. The lowest BCUT2D eigenvalue weighted by Gasteiger charge is -2.19. The van der Waals surface area contributed by atoms with Crippen molar-refractivity contribution in [1.82, 2.24) is 0 Å². The smallest absolute Gasteiger partial charge is 0.265 e. The minimum Gasteiger partial charge on any atom is -0.481 e. The van der Waals surface area contributed by atoms with Gasteiger partial charge in [-0.3, -0.25) is 9.59 Å². The molecule has 1 N–H and O–H groups in total. The van der Waals surface area contributed by atoms with Gasteiger partial charge in [0, 0.05) is 16.8 Å². The lowest BCUT2D eigenvalue weighted by Crippen LogP contribution is -2.30. The number of hydrogen-bond acceptors (Lipinski definition) is 3. The van der Waals surface area contributed by atoms with E-state index in [-0.39, 0.29) is 23.0 Å². The van der Waals surface area contributed by atoms with Gasteiger partial charge in [0.1, 0.15) is 5.75 Å². The molecule has 0 saturated heterocycles. The standard InChI is InChI=1S/C30H35NO3/c1-19(2)26-16-11-20(3)17-27(26)34-21(4)29(33)31-25-10-8-9-23(18-25)28(32)22-12-14-24(15-13-22)30(5,6)7/h8-19,21H,1-7H3,(H,31,33)/t21-/m0/s1. The van der Waals surface area contributed by atoms with Crippen molar-refractivity contribution in [2.45, 2.75) is 65.9 Å². The Labute approximate surface area is 203 Å². The molecule has 0 bridgehead atoms. The van der Waals surface area contributed by atoms with Crippen molar-refractivity contribution >= 4 is 17.4 Å². The molecule has 4 heteroatoms. The number of carbonyl (C=O) groups excluding carboxylic acids is 2. The number of benzene rings is 3. The van der Waals surface area contributed by atoms with Crippen LogP contribution >= 0.6 is 0 Å². The first-order valence-electron chi connectivity index (χ1n) is 11.8. The van der Waals surface area contributed by atoms with Crippen LogP contribution in [0.2, 0.25) is 0 Å². The first-order chi connectivity index (χ1) is 16.0. The number of rotatable bonds is 7. The molecule has 4 nitrogen and oxygen atoms in total. The summed E-state index contributed by atoms with van der Waals surface area (Å²) in [6.45, 7) is 14.4. The van der Waals surface area contributed by atoms with Gasteiger partial charge < -0.3 is 10.1 Å². The van der Waals surface area contributed by atoms with Gasteiger partial charge in [0.25, 0.3) is 5.91 Å². The molecule has 0 aliphatic carbocycles. The van der Waals surface area contributed by atoms with Gasteiger partial charge in [-0.15, -0.1) is 0 Å². The van der Waals surface area contributed by atoms with Crippen molar-refractivity contribution in [3.05, 3.63) is 94.5 Å². The quantitative estimate of drug-likeness (QED) is 0.387. The molecule has 0 heterocycles. The largest absolute Gasteiger partial charge is 0.481 e. The number of anilines is 1. The van der Waals surface area contributed by atoms with Crippen LogP contribution in [-0.2, 0) is 10.2 Å². The summed E-state index contributed by atoms with van der Waals surface area (Å²) in [5.41, 5.74) is 5.05. The summed E-state index contributed by atoms with van der Waals surface area (Å²) in [6.07, 6.45) is -0.691. The number of ketones is 1. The van der Waals surface area contributed by atoms with Crippen LogP contribution in [0, 0.1) is 6.92 Å². The fourth-order valence-corrected chi connectivity index (χ4v) is 3.73. The SMILES string of the molecule is Cc1ccc(C(C)C)c(O[C@@H](C)C(=O)Nc2cccc(C(=O)c3ccc(C(C)(C)C)cc3)c2)c1. The zero-order valence-electron chi connectivity index (χ0n) is 21.2. The molecule has 0 radical (unpaired) electrons. The van der Waals surface area contributed by atoms with Crippen LogP contribution in [0.15, 0.2) is 66.7 Å². The number of aryl methyl sites for hydroxylation is 1. The molecular formula is C30H35NO3. The zero-order valence-corrected chi connectivity index (χ0v) is 21.2. The average Bonchev–Trinajstić information content (AvgIpc) is 2.78. The lowest BCUT2D eigenvalue weighted by atomic mass is 9.86. The van der Waals surface area contributed by atoms with Crippen LogP contribution in [0.1, 0.15) is 80.1 Å². The molecule has 34 heavy (non-hydrogen) atoms. The molecule has 0 aromatic heterocycles. The van der Waals surface area contributed by atoms with Crippen LogP contribution < -0.4 is 10.1 Å². The van der Waals surface area contributed by atoms with E-state index in [4.69, 9.17) is 4.74 Å². The number of nitrogens with one attached hydrogen (secondary N) is 1. The van der Waals surface area contributed by atoms with Gasteiger partial charge in [-0.1, -0.05) is 83.1 Å². The number of hydrogen-bond donors (Lipinski definition) is 1. The second-order valence-corrected chi connectivity index (χ2v) is 10.2. The second-order valence-electron chi connectivity index (χ2n) is 10.2. The molecule has 3 aromatic rings. The first-order valence-corrected chi connectivity index (χ1v) is 11.8. The second kappa shape index (κ2) is 10.3. The number of amides is 1. The maximum absolute atomic E-state index is 13.0. The Kier molecular flexibility index (Phi) is 7.61. The third-order valence-corrected chi connectivity index (χ3v) is 5.87. The van der Waals surface area contributed by atoms with Crippen molar-refractivity contribution in [2.75, 3.05) is 5.32 Å². The van der Waals surface area contributed by atoms with E-state index in [0.29, 0.717) is 16.8 Å². The van der Waals surface area contributed by atoms with Crippen molar-refractivity contribution in [3.63, 3.8) is 0 Å². The molecule has 0 spiro atoms. The average molecular weight is 458 g/mol. The van der Waals surface area contributed by atoms with Crippen LogP contribution in [-0.4, -0.2) is 17.8 Å². The van der Waals surface area contributed by atoms with Gasteiger partial charge in [-0.05, 0) is 60.1 Å². The zero-order chi connectivity index (χ0) is 25.0. The highest BCUT2D eigenvalue weighted by molar-refractivity contribution is 6.09. The Morgan fingerprint density at radius 3 is 2.15 bits per heavy atom. The summed E-state index contributed by atoms with van der Waals surface area (Å²) >= 11 is 0. The van der Waals surface area contributed by atoms with E-state index < -0.39 is 6.10 Å². The van der Waals surface area contributed by atoms with Crippen LogP contribution in [0.5, 0.6) is 5.75 Å². The van der Waals surface area contributed by atoms with Crippen LogP contribution in [0.3, 0.4) is 0 Å². The van der Waals surface area contributed by atoms with E-state index >= 15 is 0 Å². The third kappa shape index (κ3) is 6.13. The van der Waals surface area contributed by atoms with Gasteiger partial charge in [-0.25, -0.2) is 0 Å².